The lowest BCUT2D eigenvalue weighted by Crippen LogP contribution is -2.03. The predicted molar refractivity (Wildman–Crippen MR) is 124 cm³/mol. The van der Waals surface area contributed by atoms with E-state index in [0.717, 1.165) is 17.2 Å². The molecule has 2 N–H and O–H groups in total. The Hall–Kier alpha value is -4.59. The molecule has 0 radical (unpaired) electrons. The highest BCUT2D eigenvalue weighted by atomic mass is 19.1. The first kappa shape index (κ1) is 21.6. The van der Waals surface area contributed by atoms with Crippen LogP contribution in [0.2, 0.25) is 0 Å². The van der Waals surface area contributed by atoms with Gasteiger partial charge in [0.05, 0.1) is 7.11 Å². The number of benzene rings is 3. The molecule has 3 aromatic carbocycles. The van der Waals surface area contributed by atoms with Crippen molar-refractivity contribution < 1.29 is 19.0 Å². The molecule has 0 saturated carbocycles. The fourth-order valence-electron chi connectivity index (χ4n) is 3.00. The van der Waals surface area contributed by atoms with Crippen LogP contribution in [0.1, 0.15) is 5.56 Å². The number of carboxylic acids is 1. The van der Waals surface area contributed by atoms with Crippen molar-refractivity contribution >= 4 is 23.7 Å². The minimum atomic E-state index is -1.01. The van der Waals surface area contributed by atoms with Gasteiger partial charge in [0.1, 0.15) is 11.6 Å². The number of carboxylic acid groups (broad SMARTS) is 1. The summed E-state index contributed by atoms with van der Waals surface area (Å²) < 4.78 is 18.6. The average molecular weight is 442 g/mol. The number of carbonyl (C=O) groups is 1. The number of methoxy groups -OCH3 is 1. The summed E-state index contributed by atoms with van der Waals surface area (Å²) in [6.45, 7) is 0. The molecule has 0 atom stereocenters. The van der Waals surface area contributed by atoms with Crippen molar-refractivity contribution in [1.29, 1.82) is 0 Å². The van der Waals surface area contributed by atoms with Crippen molar-refractivity contribution in [2.45, 2.75) is 0 Å². The number of ether oxygens (including phenoxy) is 1. The van der Waals surface area contributed by atoms with E-state index in [1.165, 1.54) is 18.2 Å². The largest absolute Gasteiger partial charge is 0.497 e. The smallest absolute Gasteiger partial charge is 0.328 e. The normalized spacial score (nSPS) is 10.8. The Labute approximate surface area is 189 Å². The summed E-state index contributed by atoms with van der Waals surface area (Å²) in [7, 11) is 1.59. The minimum absolute atomic E-state index is 0.309. The molecule has 0 fully saturated rings. The van der Waals surface area contributed by atoms with Crippen LogP contribution in [-0.4, -0.2) is 33.1 Å². The van der Waals surface area contributed by atoms with Gasteiger partial charge in [-0.05, 0) is 72.3 Å². The molecule has 0 aliphatic heterocycles. The third-order valence-corrected chi connectivity index (χ3v) is 4.67. The second-order valence-electron chi connectivity index (χ2n) is 6.96. The predicted octanol–water partition coefficient (Wildman–Crippen LogP) is 5.19. The topological polar surface area (TPSA) is 97.2 Å². The number of anilines is 2. The highest BCUT2D eigenvalue weighted by Crippen LogP contribution is 2.25. The zero-order chi connectivity index (χ0) is 23.2. The molecule has 0 unspecified atom stereocenters. The molecular weight excluding hydrogens is 423 g/mol. The van der Waals surface area contributed by atoms with Crippen LogP contribution in [0, 0.1) is 5.82 Å². The summed E-state index contributed by atoms with van der Waals surface area (Å²) in [5, 5.41) is 11.9. The van der Waals surface area contributed by atoms with Gasteiger partial charge in [0.2, 0.25) is 5.95 Å². The number of halogens is 1. The van der Waals surface area contributed by atoms with Crippen molar-refractivity contribution in [1.82, 2.24) is 15.0 Å². The summed E-state index contributed by atoms with van der Waals surface area (Å²) in [6, 6.07) is 20.3. The van der Waals surface area contributed by atoms with E-state index in [9.17, 15) is 9.18 Å². The SMILES string of the molecule is COc1ccc(-c2nc(Nc3ccc(/C=C/C(=O)O)cc3)nc(-c3ccc(F)cc3)n2)cc1. The lowest BCUT2D eigenvalue weighted by Gasteiger charge is -2.10. The van der Waals surface area contributed by atoms with Crippen molar-refractivity contribution in [3.05, 3.63) is 90.3 Å². The van der Waals surface area contributed by atoms with Gasteiger partial charge in [0.15, 0.2) is 11.6 Å². The lowest BCUT2D eigenvalue weighted by atomic mass is 10.2. The van der Waals surface area contributed by atoms with Crippen LogP contribution < -0.4 is 10.1 Å². The number of nitrogens with zero attached hydrogens (tertiary/aromatic N) is 3. The van der Waals surface area contributed by atoms with Crippen LogP contribution in [0.15, 0.2) is 78.9 Å². The van der Waals surface area contributed by atoms with Gasteiger partial charge in [-0.3, -0.25) is 0 Å². The number of hydrogen-bond acceptors (Lipinski definition) is 6. The molecule has 8 heteroatoms. The zero-order valence-electron chi connectivity index (χ0n) is 17.6. The average Bonchev–Trinajstić information content (AvgIpc) is 2.84. The first-order chi connectivity index (χ1) is 16.0. The van der Waals surface area contributed by atoms with Crippen LogP contribution in [0.4, 0.5) is 16.0 Å². The van der Waals surface area contributed by atoms with Gasteiger partial charge in [-0.1, -0.05) is 12.1 Å². The van der Waals surface area contributed by atoms with Crippen molar-refractivity contribution in [2.75, 3.05) is 12.4 Å². The van der Waals surface area contributed by atoms with E-state index in [1.54, 1.807) is 43.5 Å². The Morgan fingerprint density at radius 2 is 1.45 bits per heavy atom. The summed E-state index contributed by atoms with van der Waals surface area (Å²) in [6.07, 6.45) is 2.58. The van der Waals surface area contributed by atoms with Crippen LogP contribution >= 0.6 is 0 Å². The Morgan fingerprint density at radius 3 is 2.00 bits per heavy atom. The maximum Gasteiger partial charge on any atom is 0.328 e. The van der Waals surface area contributed by atoms with Gasteiger partial charge < -0.3 is 15.2 Å². The first-order valence-corrected chi connectivity index (χ1v) is 9.95. The fourth-order valence-corrected chi connectivity index (χ4v) is 3.00. The van der Waals surface area contributed by atoms with Crippen LogP contribution in [-0.2, 0) is 4.79 Å². The summed E-state index contributed by atoms with van der Waals surface area (Å²) in [4.78, 5) is 24.3. The third kappa shape index (κ3) is 5.56. The van der Waals surface area contributed by atoms with E-state index in [0.29, 0.717) is 34.6 Å². The Morgan fingerprint density at radius 1 is 0.879 bits per heavy atom. The maximum absolute atomic E-state index is 13.4. The number of aromatic nitrogens is 3. The maximum atomic E-state index is 13.4. The molecule has 4 rings (SSSR count). The van der Waals surface area contributed by atoms with Crippen LogP contribution in [0.5, 0.6) is 5.75 Å². The van der Waals surface area contributed by atoms with E-state index >= 15 is 0 Å². The molecule has 0 bridgehead atoms. The Bertz CT molecular complexity index is 1290. The Balaban J connectivity index is 1.69. The monoisotopic (exact) mass is 442 g/mol. The molecular formula is C25H19FN4O3. The standard InChI is InChI=1S/C25H19FN4O3/c1-33-21-13-7-18(8-14-21)24-28-23(17-5-9-19(26)10-6-17)29-25(30-24)27-20-11-2-16(3-12-20)4-15-22(31)32/h2-15H,1H3,(H,31,32)(H,27,28,29,30)/b15-4+. The van der Waals surface area contributed by atoms with Crippen molar-refractivity contribution in [3.8, 4) is 28.5 Å². The van der Waals surface area contributed by atoms with Gasteiger partial charge in [0.25, 0.3) is 0 Å². The molecule has 33 heavy (non-hydrogen) atoms. The highest BCUT2D eigenvalue weighted by Gasteiger charge is 2.11. The molecule has 1 aromatic heterocycles. The number of aliphatic carboxylic acids is 1. The summed E-state index contributed by atoms with van der Waals surface area (Å²) in [5.41, 5.74) is 2.86. The van der Waals surface area contributed by atoms with E-state index in [1.807, 2.05) is 24.3 Å². The van der Waals surface area contributed by atoms with Crippen molar-refractivity contribution in [2.24, 2.45) is 0 Å². The highest BCUT2D eigenvalue weighted by molar-refractivity contribution is 5.85. The van der Waals surface area contributed by atoms with Gasteiger partial charge in [-0.15, -0.1) is 0 Å². The van der Waals surface area contributed by atoms with Gasteiger partial charge in [-0.25, -0.2) is 14.2 Å². The first-order valence-electron chi connectivity index (χ1n) is 9.95. The zero-order valence-corrected chi connectivity index (χ0v) is 17.6. The van der Waals surface area contributed by atoms with E-state index < -0.39 is 5.97 Å². The molecule has 0 aliphatic carbocycles. The fraction of sp³-hybridized carbons (Fsp3) is 0.0400. The second kappa shape index (κ2) is 9.69. The van der Waals surface area contributed by atoms with E-state index in [2.05, 4.69) is 20.3 Å². The van der Waals surface area contributed by atoms with Gasteiger partial charge in [0, 0.05) is 22.9 Å². The van der Waals surface area contributed by atoms with E-state index in [-0.39, 0.29) is 5.82 Å². The molecule has 0 aliphatic rings. The van der Waals surface area contributed by atoms with E-state index in [4.69, 9.17) is 9.84 Å². The number of hydrogen-bond donors (Lipinski definition) is 2. The Kier molecular flexibility index (Phi) is 6.36. The quantitative estimate of drug-likeness (QED) is 0.380. The van der Waals surface area contributed by atoms with Crippen LogP contribution in [0.3, 0.4) is 0 Å². The minimum Gasteiger partial charge on any atom is -0.497 e. The number of rotatable bonds is 7. The molecule has 7 nitrogen and oxygen atoms in total. The molecule has 0 amide bonds. The molecule has 164 valence electrons. The molecule has 0 spiro atoms. The molecule has 1 heterocycles. The lowest BCUT2D eigenvalue weighted by molar-refractivity contribution is -0.131. The van der Waals surface area contributed by atoms with Gasteiger partial charge in [-0.2, -0.15) is 9.97 Å². The molecule has 0 saturated heterocycles. The third-order valence-electron chi connectivity index (χ3n) is 4.67. The second-order valence-corrected chi connectivity index (χ2v) is 6.96. The molecule has 4 aromatic rings. The van der Waals surface area contributed by atoms with Crippen molar-refractivity contribution in [3.63, 3.8) is 0 Å². The summed E-state index contributed by atoms with van der Waals surface area (Å²) in [5.74, 6) is 0.487. The summed E-state index contributed by atoms with van der Waals surface area (Å²) >= 11 is 0. The number of nitrogens with one attached hydrogen (secondary N) is 1. The van der Waals surface area contributed by atoms with Crippen LogP contribution in [0.25, 0.3) is 28.9 Å². The van der Waals surface area contributed by atoms with Gasteiger partial charge >= 0.3 is 5.97 Å².